The van der Waals surface area contributed by atoms with E-state index in [4.69, 9.17) is 0 Å². The van der Waals surface area contributed by atoms with Crippen LogP contribution in [0.5, 0.6) is 0 Å². The molecule has 0 fully saturated rings. The molecule has 4 rings (SSSR count). The van der Waals surface area contributed by atoms with Crippen LogP contribution in [-0.4, -0.2) is 3.21 Å². The molecular weight excluding hydrogens is 464 g/mol. The van der Waals surface area contributed by atoms with Gasteiger partial charge in [-0.05, 0) is 0 Å². The van der Waals surface area contributed by atoms with Crippen LogP contribution in [0.25, 0.3) is 16.7 Å². The van der Waals surface area contributed by atoms with E-state index in [0.29, 0.717) is 5.92 Å². The average Bonchev–Trinajstić information content (AvgIpc) is 3.18. The number of fused-ring (bicyclic) bond motifs is 3. The summed E-state index contributed by atoms with van der Waals surface area (Å²) < 4.78 is 3.40. The second kappa shape index (κ2) is 8.16. The molecule has 32 heavy (non-hydrogen) atoms. The van der Waals surface area contributed by atoms with E-state index in [-0.39, 0.29) is 10.8 Å². The summed E-state index contributed by atoms with van der Waals surface area (Å²) in [6.07, 6.45) is 6.01. The Morgan fingerprint density at radius 1 is 0.938 bits per heavy atom. The van der Waals surface area contributed by atoms with Gasteiger partial charge in [-0.3, -0.25) is 0 Å². The van der Waals surface area contributed by atoms with E-state index in [0.717, 1.165) is 6.42 Å². The second-order valence-electron chi connectivity index (χ2n) is 12.2. The number of allylic oxidation sites excluding steroid dienone is 4. The Balaban J connectivity index is 2.07. The van der Waals surface area contributed by atoms with E-state index in [9.17, 15) is 0 Å². The average molecular weight is 503 g/mol. The maximum absolute atomic E-state index is 2.58. The van der Waals surface area contributed by atoms with Gasteiger partial charge in [0.1, 0.15) is 0 Å². The van der Waals surface area contributed by atoms with Crippen LogP contribution in [0.1, 0.15) is 97.1 Å². The minimum absolute atomic E-state index is 0.113. The monoisotopic (exact) mass is 501 g/mol. The molecule has 0 aliphatic heterocycles. The van der Waals surface area contributed by atoms with Gasteiger partial charge in [-0.1, -0.05) is 0 Å². The summed E-state index contributed by atoms with van der Waals surface area (Å²) in [6.45, 7) is 23.5. The molecule has 0 radical (unpaired) electrons. The van der Waals surface area contributed by atoms with Crippen molar-refractivity contribution in [1.82, 2.24) is 0 Å². The van der Waals surface area contributed by atoms with E-state index in [1.165, 1.54) is 27.8 Å². The van der Waals surface area contributed by atoms with Gasteiger partial charge in [-0.2, -0.15) is 0 Å². The van der Waals surface area contributed by atoms with Gasteiger partial charge >= 0.3 is 208 Å². The van der Waals surface area contributed by atoms with Gasteiger partial charge in [0.05, 0.1) is 0 Å². The van der Waals surface area contributed by atoms with E-state index in [2.05, 4.69) is 106 Å². The van der Waals surface area contributed by atoms with Gasteiger partial charge in [0, 0.05) is 0 Å². The Bertz CT molecular complexity index is 1180. The fourth-order valence-electron chi connectivity index (χ4n) is 5.27. The van der Waals surface area contributed by atoms with Crippen LogP contribution in [0.2, 0.25) is 0 Å². The van der Waals surface area contributed by atoms with Crippen molar-refractivity contribution in [3.8, 4) is 11.1 Å². The zero-order valence-electron chi connectivity index (χ0n) is 21.7. The number of hydrogen-bond acceptors (Lipinski definition) is 0. The Morgan fingerprint density at radius 2 is 1.62 bits per heavy atom. The second-order valence-corrected chi connectivity index (χ2v) is 16.5. The predicted molar refractivity (Wildman–Crippen MR) is 139 cm³/mol. The van der Waals surface area contributed by atoms with Crippen molar-refractivity contribution >= 4 is 12.1 Å². The molecule has 2 aromatic carbocycles. The van der Waals surface area contributed by atoms with Crippen molar-refractivity contribution in [2.45, 2.75) is 86.5 Å². The quantitative estimate of drug-likeness (QED) is 0.336. The Hall–Kier alpha value is -1.33. The topological polar surface area (TPSA) is 0 Å². The molecule has 0 saturated carbocycles. The standard InChI is InChI=1S/C28H33.C3H6.Zr/c1-17-11-18(2)22(12-17)25-14-20-13-19-9-10-21(27(3,4)5)15-23(19)24(20)16-26(25)28(6,7)8;1-3-2;/h9-12,15-16,18H,13H2,1-8H3;1-2H3;. The first-order valence-electron chi connectivity index (χ1n) is 12.1. The van der Waals surface area contributed by atoms with Crippen molar-refractivity contribution < 1.29 is 22.8 Å². The van der Waals surface area contributed by atoms with Crippen molar-refractivity contribution in [2.24, 2.45) is 5.92 Å². The van der Waals surface area contributed by atoms with Crippen LogP contribution in [0.3, 0.4) is 0 Å². The zero-order chi connectivity index (χ0) is 23.6. The zero-order valence-corrected chi connectivity index (χ0v) is 24.2. The molecule has 0 N–H and O–H groups in total. The SMILES string of the molecule is CC1=CC(C)C(c2c(C(C)(C)C)cc3c([c]2[Zr]=[C](C)C)Cc2ccc(C(C)(C)C)cc2-3)=C1. The molecule has 0 nitrogen and oxygen atoms in total. The normalized spacial score (nSPS) is 17.5. The molecular formula is C31H39Zr. The van der Waals surface area contributed by atoms with Crippen molar-refractivity contribution in [2.75, 3.05) is 0 Å². The summed E-state index contributed by atoms with van der Waals surface area (Å²) in [7, 11) is 0. The van der Waals surface area contributed by atoms with E-state index in [1.807, 2.05) is 0 Å². The molecule has 1 atom stereocenters. The molecule has 0 aromatic heterocycles. The van der Waals surface area contributed by atoms with Crippen LogP contribution in [0.4, 0.5) is 0 Å². The first-order chi connectivity index (χ1) is 14.8. The molecule has 167 valence electrons. The van der Waals surface area contributed by atoms with E-state index in [1.54, 1.807) is 28.7 Å². The number of benzene rings is 2. The molecule has 2 aliphatic rings. The Kier molecular flexibility index (Phi) is 6.07. The summed E-state index contributed by atoms with van der Waals surface area (Å²) in [5, 5.41) is 0. The van der Waals surface area contributed by atoms with Gasteiger partial charge in [-0.25, -0.2) is 0 Å². The first kappa shape index (κ1) is 23.8. The summed E-state index contributed by atoms with van der Waals surface area (Å²) in [5.41, 5.74) is 14.0. The van der Waals surface area contributed by atoms with Gasteiger partial charge in [-0.15, -0.1) is 0 Å². The molecule has 0 bridgehead atoms. The molecule has 0 spiro atoms. The fraction of sp³-hybridized carbons (Fsp3) is 0.452. The Labute approximate surface area is 207 Å². The summed E-state index contributed by atoms with van der Waals surface area (Å²) in [5.74, 6) is 0.501. The third-order valence-corrected chi connectivity index (χ3v) is 10.1. The van der Waals surface area contributed by atoms with E-state index >= 15 is 0 Å². The molecule has 0 saturated heterocycles. The van der Waals surface area contributed by atoms with Gasteiger partial charge in [0.25, 0.3) is 0 Å². The minimum atomic E-state index is -0.824. The molecule has 2 aliphatic carbocycles. The van der Waals surface area contributed by atoms with E-state index < -0.39 is 22.8 Å². The molecule has 0 amide bonds. The van der Waals surface area contributed by atoms with Crippen LogP contribution >= 0.6 is 0 Å². The molecule has 2 aromatic rings. The summed E-state index contributed by atoms with van der Waals surface area (Å²) in [4.78, 5) is 0. The van der Waals surface area contributed by atoms with Gasteiger partial charge in [0.15, 0.2) is 0 Å². The van der Waals surface area contributed by atoms with Crippen molar-refractivity contribution in [3.05, 3.63) is 69.8 Å². The number of hydrogen-bond donors (Lipinski definition) is 0. The van der Waals surface area contributed by atoms with Crippen LogP contribution in [0.15, 0.2) is 42.0 Å². The molecule has 0 heterocycles. The first-order valence-corrected chi connectivity index (χ1v) is 14.5. The van der Waals surface area contributed by atoms with Crippen molar-refractivity contribution in [1.29, 1.82) is 0 Å². The van der Waals surface area contributed by atoms with Crippen LogP contribution < -0.4 is 3.27 Å². The molecule has 1 unspecified atom stereocenters. The summed E-state index contributed by atoms with van der Waals surface area (Å²) >= 11 is -0.824. The number of rotatable bonds is 2. The maximum atomic E-state index is 2.58. The van der Waals surface area contributed by atoms with Crippen molar-refractivity contribution in [3.63, 3.8) is 0 Å². The van der Waals surface area contributed by atoms with Gasteiger partial charge < -0.3 is 0 Å². The third-order valence-electron chi connectivity index (χ3n) is 6.93. The van der Waals surface area contributed by atoms with Crippen LogP contribution in [0, 0.1) is 5.92 Å². The predicted octanol–water partition coefficient (Wildman–Crippen LogP) is 7.75. The third kappa shape index (κ3) is 4.27. The Morgan fingerprint density at radius 3 is 2.16 bits per heavy atom. The molecule has 1 heteroatoms. The summed E-state index contributed by atoms with van der Waals surface area (Å²) in [6, 6.07) is 9.85. The van der Waals surface area contributed by atoms with Gasteiger partial charge in [0.2, 0.25) is 0 Å². The van der Waals surface area contributed by atoms with Crippen LogP contribution in [-0.2, 0) is 40.0 Å². The fourth-order valence-corrected chi connectivity index (χ4v) is 8.42.